The number of hydrogen-bond donors (Lipinski definition) is 2. The fourth-order valence-corrected chi connectivity index (χ4v) is 1.73. The van der Waals surface area contributed by atoms with Gasteiger partial charge in [-0.1, -0.05) is 0 Å². The molecular formula is C15H24FN3O. The van der Waals surface area contributed by atoms with Crippen LogP contribution in [0, 0.1) is 5.82 Å². The molecule has 0 radical (unpaired) electrons. The van der Waals surface area contributed by atoms with Crippen LogP contribution in [0.5, 0.6) is 0 Å². The lowest BCUT2D eigenvalue weighted by Crippen LogP contribution is -2.29. The monoisotopic (exact) mass is 281 g/mol. The number of rotatable bonds is 7. The SMILES string of the molecule is CC(C)N(C)CCCCNC(=O)c1ccc(F)c(N)c1. The van der Waals surface area contributed by atoms with E-state index in [0.717, 1.165) is 19.4 Å². The summed E-state index contributed by atoms with van der Waals surface area (Å²) >= 11 is 0. The van der Waals surface area contributed by atoms with Gasteiger partial charge >= 0.3 is 0 Å². The minimum absolute atomic E-state index is 0.00351. The zero-order chi connectivity index (χ0) is 15.1. The first-order valence-electron chi connectivity index (χ1n) is 6.95. The van der Waals surface area contributed by atoms with Crippen molar-refractivity contribution in [3.05, 3.63) is 29.6 Å². The molecule has 0 heterocycles. The summed E-state index contributed by atoms with van der Waals surface area (Å²) in [6.45, 7) is 5.93. The van der Waals surface area contributed by atoms with Gasteiger partial charge in [-0.25, -0.2) is 4.39 Å². The van der Waals surface area contributed by atoms with Crippen molar-refractivity contribution in [1.29, 1.82) is 0 Å². The fourth-order valence-electron chi connectivity index (χ4n) is 1.73. The molecule has 1 rings (SSSR count). The molecule has 0 saturated heterocycles. The van der Waals surface area contributed by atoms with Gasteiger partial charge in [0.2, 0.25) is 0 Å². The number of anilines is 1. The molecule has 0 saturated carbocycles. The highest BCUT2D eigenvalue weighted by molar-refractivity contribution is 5.94. The topological polar surface area (TPSA) is 58.4 Å². The van der Waals surface area contributed by atoms with Gasteiger partial charge in [-0.05, 0) is 58.5 Å². The smallest absolute Gasteiger partial charge is 0.251 e. The van der Waals surface area contributed by atoms with Gasteiger partial charge < -0.3 is 16.0 Å². The van der Waals surface area contributed by atoms with E-state index in [4.69, 9.17) is 5.73 Å². The first kappa shape index (κ1) is 16.4. The molecule has 20 heavy (non-hydrogen) atoms. The molecule has 0 aliphatic rings. The lowest BCUT2D eigenvalue weighted by molar-refractivity contribution is 0.0952. The van der Waals surface area contributed by atoms with Crippen LogP contribution < -0.4 is 11.1 Å². The number of unbranched alkanes of at least 4 members (excludes halogenated alkanes) is 1. The van der Waals surface area contributed by atoms with E-state index in [0.29, 0.717) is 18.2 Å². The molecule has 0 aliphatic carbocycles. The Morgan fingerprint density at radius 3 is 2.70 bits per heavy atom. The summed E-state index contributed by atoms with van der Waals surface area (Å²) in [4.78, 5) is 14.1. The molecule has 0 aliphatic heterocycles. The number of hydrogen-bond acceptors (Lipinski definition) is 3. The minimum Gasteiger partial charge on any atom is -0.396 e. The van der Waals surface area contributed by atoms with Crippen molar-refractivity contribution in [3.63, 3.8) is 0 Å². The van der Waals surface area contributed by atoms with Crippen LogP contribution in [0.15, 0.2) is 18.2 Å². The van der Waals surface area contributed by atoms with E-state index in [1.54, 1.807) is 0 Å². The number of nitrogens with two attached hydrogens (primary N) is 1. The first-order chi connectivity index (χ1) is 9.41. The molecule has 1 aromatic carbocycles. The van der Waals surface area contributed by atoms with E-state index in [1.165, 1.54) is 18.2 Å². The van der Waals surface area contributed by atoms with Crippen LogP contribution in [0.4, 0.5) is 10.1 Å². The largest absolute Gasteiger partial charge is 0.396 e. The lowest BCUT2D eigenvalue weighted by atomic mass is 10.2. The van der Waals surface area contributed by atoms with Gasteiger partial charge in [0.25, 0.3) is 5.91 Å². The van der Waals surface area contributed by atoms with Gasteiger partial charge in [-0.3, -0.25) is 4.79 Å². The van der Waals surface area contributed by atoms with Crippen molar-refractivity contribution >= 4 is 11.6 Å². The van der Waals surface area contributed by atoms with E-state index in [-0.39, 0.29) is 11.6 Å². The molecule has 0 atom stereocenters. The average molecular weight is 281 g/mol. The van der Waals surface area contributed by atoms with Gasteiger partial charge in [0.1, 0.15) is 5.82 Å². The molecule has 0 spiro atoms. The van der Waals surface area contributed by atoms with Crippen molar-refractivity contribution in [1.82, 2.24) is 10.2 Å². The highest BCUT2D eigenvalue weighted by Crippen LogP contribution is 2.12. The van der Waals surface area contributed by atoms with Crippen LogP contribution in [0.2, 0.25) is 0 Å². The third-order valence-electron chi connectivity index (χ3n) is 3.36. The molecule has 112 valence electrons. The fraction of sp³-hybridized carbons (Fsp3) is 0.533. The predicted octanol–water partition coefficient (Wildman–Crippen LogP) is 2.26. The number of benzene rings is 1. The molecule has 0 fully saturated rings. The Morgan fingerprint density at radius 2 is 2.10 bits per heavy atom. The number of nitrogens with one attached hydrogen (secondary N) is 1. The number of nitrogens with zero attached hydrogens (tertiary/aromatic N) is 1. The maximum Gasteiger partial charge on any atom is 0.251 e. The highest BCUT2D eigenvalue weighted by atomic mass is 19.1. The van der Waals surface area contributed by atoms with Crippen LogP contribution >= 0.6 is 0 Å². The number of halogens is 1. The highest BCUT2D eigenvalue weighted by Gasteiger charge is 2.07. The molecule has 5 heteroatoms. The Balaban J connectivity index is 2.28. The molecule has 0 aromatic heterocycles. The van der Waals surface area contributed by atoms with Crippen LogP contribution in [-0.2, 0) is 0 Å². The molecule has 1 amide bonds. The zero-order valence-electron chi connectivity index (χ0n) is 12.4. The van der Waals surface area contributed by atoms with Gasteiger partial charge in [0.05, 0.1) is 5.69 Å². The van der Waals surface area contributed by atoms with Gasteiger partial charge in [-0.2, -0.15) is 0 Å². The standard InChI is InChI=1S/C15H24FN3O/c1-11(2)19(3)9-5-4-8-18-15(20)12-6-7-13(16)14(17)10-12/h6-7,10-11H,4-5,8-9,17H2,1-3H3,(H,18,20). The summed E-state index contributed by atoms with van der Waals surface area (Å²) in [6, 6.07) is 4.54. The Labute approximate surface area is 120 Å². The number of carbonyl (C=O) groups is 1. The first-order valence-corrected chi connectivity index (χ1v) is 6.95. The number of nitrogen functional groups attached to an aromatic ring is 1. The molecular weight excluding hydrogens is 257 g/mol. The summed E-state index contributed by atoms with van der Waals surface area (Å²) in [5, 5.41) is 2.81. The molecule has 4 nitrogen and oxygen atoms in total. The van der Waals surface area contributed by atoms with E-state index in [9.17, 15) is 9.18 Å². The van der Waals surface area contributed by atoms with Crippen LogP contribution in [-0.4, -0.2) is 37.0 Å². The predicted molar refractivity (Wildman–Crippen MR) is 80.1 cm³/mol. The van der Waals surface area contributed by atoms with Crippen LogP contribution in [0.1, 0.15) is 37.0 Å². The second kappa shape index (κ2) is 7.85. The molecule has 0 unspecified atom stereocenters. The molecule has 1 aromatic rings. The maximum absolute atomic E-state index is 13.0. The summed E-state index contributed by atoms with van der Waals surface area (Å²) in [5.41, 5.74) is 5.82. The normalized spacial score (nSPS) is 11.1. The van der Waals surface area contributed by atoms with Gasteiger partial charge in [0.15, 0.2) is 0 Å². The van der Waals surface area contributed by atoms with E-state index in [1.807, 2.05) is 0 Å². The maximum atomic E-state index is 13.0. The van der Waals surface area contributed by atoms with Gasteiger partial charge in [0, 0.05) is 18.2 Å². The minimum atomic E-state index is -0.502. The Kier molecular flexibility index (Phi) is 6.45. The summed E-state index contributed by atoms with van der Waals surface area (Å²) < 4.78 is 13.0. The quantitative estimate of drug-likeness (QED) is 0.595. The van der Waals surface area contributed by atoms with Gasteiger partial charge in [-0.15, -0.1) is 0 Å². The van der Waals surface area contributed by atoms with Crippen molar-refractivity contribution < 1.29 is 9.18 Å². The average Bonchev–Trinajstić information content (AvgIpc) is 2.40. The summed E-state index contributed by atoms with van der Waals surface area (Å²) in [7, 11) is 2.09. The van der Waals surface area contributed by atoms with Crippen LogP contribution in [0.3, 0.4) is 0 Å². The van der Waals surface area contributed by atoms with Crippen molar-refractivity contribution in [2.24, 2.45) is 0 Å². The van der Waals surface area contributed by atoms with Crippen LogP contribution in [0.25, 0.3) is 0 Å². The molecule has 0 bridgehead atoms. The third kappa shape index (κ3) is 5.17. The van der Waals surface area contributed by atoms with Crippen molar-refractivity contribution in [3.8, 4) is 0 Å². The Bertz CT molecular complexity index is 449. The second-order valence-corrected chi connectivity index (χ2v) is 5.27. The number of amides is 1. The zero-order valence-corrected chi connectivity index (χ0v) is 12.4. The van der Waals surface area contributed by atoms with E-state index >= 15 is 0 Å². The lowest BCUT2D eigenvalue weighted by Gasteiger charge is -2.20. The van der Waals surface area contributed by atoms with Crippen molar-refractivity contribution in [2.45, 2.75) is 32.7 Å². The number of carbonyl (C=O) groups excluding carboxylic acids is 1. The summed E-state index contributed by atoms with van der Waals surface area (Å²) in [5.74, 6) is -0.716. The van der Waals surface area contributed by atoms with E-state index in [2.05, 4.69) is 31.1 Å². The Hall–Kier alpha value is -1.62. The molecule has 3 N–H and O–H groups in total. The van der Waals surface area contributed by atoms with E-state index < -0.39 is 5.82 Å². The summed E-state index contributed by atoms with van der Waals surface area (Å²) in [6.07, 6.45) is 1.94. The third-order valence-corrected chi connectivity index (χ3v) is 3.36. The van der Waals surface area contributed by atoms with Crippen molar-refractivity contribution in [2.75, 3.05) is 25.9 Å². The second-order valence-electron chi connectivity index (χ2n) is 5.27. The Morgan fingerprint density at radius 1 is 1.40 bits per heavy atom.